The molecular weight excluding hydrogens is 468 g/mol. The molecule has 0 saturated carbocycles. The van der Waals surface area contributed by atoms with Gasteiger partial charge in [0, 0.05) is 34.6 Å². The molecule has 0 saturated heterocycles. The number of hydrogen-bond acceptors (Lipinski definition) is 6. The highest BCUT2D eigenvalue weighted by atomic mass is 16.6. The largest absolute Gasteiger partial charge is 0.444 e. The maximum Gasteiger partial charge on any atom is 0.414 e. The summed E-state index contributed by atoms with van der Waals surface area (Å²) in [6.07, 6.45) is 4.51. The lowest BCUT2D eigenvalue weighted by atomic mass is 10.1. The molecule has 0 radical (unpaired) electrons. The molecule has 5 aromatic rings. The van der Waals surface area contributed by atoms with Gasteiger partial charge in [-0.1, -0.05) is 30.3 Å². The molecule has 2 amide bonds. The van der Waals surface area contributed by atoms with Crippen molar-refractivity contribution in [2.24, 2.45) is 0 Å². The summed E-state index contributed by atoms with van der Waals surface area (Å²) in [4.78, 5) is 31.5. The van der Waals surface area contributed by atoms with E-state index in [0.29, 0.717) is 22.6 Å². The van der Waals surface area contributed by atoms with Crippen LogP contribution in [0.3, 0.4) is 0 Å². The molecule has 0 aliphatic rings. The standard InChI is InChI=1S/C28H24N6O3/c29-24-5-1-2-6-26(24)32-27(35)21-9-7-19(8-10-21)17-34(23-11-12-25-22(14-23)16-31-33-25)28(36)37-18-20-4-3-13-30-15-20/h1-16H,17-18,29H2,(H,31,33)(H,32,35). The van der Waals surface area contributed by atoms with Gasteiger partial charge >= 0.3 is 6.09 Å². The maximum atomic E-state index is 13.2. The summed E-state index contributed by atoms with van der Waals surface area (Å²) in [5.41, 5.74) is 10.6. The number of aromatic nitrogens is 3. The van der Waals surface area contributed by atoms with Crippen LogP contribution >= 0.6 is 0 Å². The van der Waals surface area contributed by atoms with Gasteiger partial charge in [-0.25, -0.2) is 4.79 Å². The van der Waals surface area contributed by atoms with E-state index in [1.807, 2.05) is 24.3 Å². The van der Waals surface area contributed by atoms with E-state index < -0.39 is 6.09 Å². The van der Waals surface area contributed by atoms with Crippen molar-refractivity contribution in [2.45, 2.75) is 13.2 Å². The lowest BCUT2D eigenvalue weighted by Crippen LogP contribution is -2.31. The SMILES string of the molecule is Nc1ccccc1NC(=O)c1ccc(CN(C(=O)OCc2cccnc2)c2ccc3[nH]ncc3c2)cc1. The minimum atomic E-state index is -0.506. The molecular formula is C28H24N6O3. The van der Waals surface area contributed by atoms with E-state index in [1.54, 1.807) is 78.1 Å². The van der Waals surface area contributed by atoms with E-state index >= 15 is 0 Å². The summed E-state index contributed by atoms with van der Waals surface area (Å²) in [6.45, 7) is 0.335. The van der Waals surface area contributed by atoms with E-state index in [0.717, 1.165) is 22.0 Å². The highest BCUT2D eigenvalue weighted by Gasteiger charge is 2.19. The Hall–Kier alpha value is -5.18. The first kappa shape index (κ1) is 23.6. The lowest BCUT2D eigenvalue weighted by molar-refractivity contribution is 0.102. The Bertz CT molecular complexity index is 1530. The molecule has 0 aliphatic carbocycles. The number of carbonyl (C=O) groups is 2. The number of pyridine rings is 1. The normalized spacial score (nSPS) is 10.7. The second-order valence-corrected chi connectivity index (χ2v) is 8.38. The number of nitrogens with zero attached hydrogens (tertiary/aromatic N) is 3. The van der Waals surface area contributed by atoms with Crippen molar-refractivity contribution in [1.82, 2.24) is 15.2 Å². The van der Waals surface area contributed by atoms with Crippen LogP contribution in [0.4, 0.5) is 21.9 Å². The van der Waals surface area contributed by atoms with Crippen molar-refractivity contribution in [1.29, 1.82) is 0 Å². The van der Waals surface area contributed by atoms with Crippen molar-refractivity contribution in [3.63, 3.8) is 0 Å². The minimum Gasteiger partial charge on any atom is -0.444 e. The zero-order valence-corrected chi connectivity index (χ0v) is 19.8. The molecule has 0 spiro atoms. The number of nitrogen functional groups attached to an aromatic ring is 1. The summed E-state index contributed by atoms with van der Waals surface area (Å²) < 4.78 is 5.60. The smallest absolute Gasteiger partial charge is 0.414 e. The number of hydrogen-bond donors (Lipinski definition) is 3. The van der Waals surface area contributed by atoms with E-state index in [9.17, 15) is 9.59 Å². The zero-order chi connectivity index (χ0) is 25.6. The average molecular weight is 493 g/mol. The molecule has 0 fully saturated rings. The quantitative estimate of drug-likeness (QED) is 0.270. The fraction of sp³-hybridized carbons (Fsp3) is 0.0714. The Morgan fingerprint density at radius 2 is 1.78 bits per heavy atom. The summed E-state index contributed by atoms with van der Waals surface area (Å²) in [5, 5.41) is 10.7. The fourth-order valence-electron chi connectivity index (χ4n) is 3.82. The summed E-state index contributed by atoms with van der Waals surface area (Å²) in [7, 11) is 0. The van der Waals surface area contributed by atoms with E-state index in [1.165, 1.54) is 0 Å². The van der Waals surface area contributed by atoms with Gasteiger partial charge in [-0.15, -0.1) is 0 Å². The number of ether oxygens (including phenoxy) is 1. The maximum absolute atomic E-state index is 13.2. The average Bonchev–Trinajstić information content (AvgIpc) is 3.40. The van der Waals surface area contributed by atoms with Crippen molar-refractivity contribution < 1.29 is 14.3 Å². The van der Waals surface area contributed by atoms with Gasteiger partial charge in [-0.2, -0.15) is 5.10 Å². The number of amides is 2. The number of nitrogens with one attached hydrogen (secondary N) is 2. The Morgan fingerprint density at radius 3 is 2.57 bits per heavy atom. The first-order chi connectivity index (χ1) is 18.1. The molecule has 0 bridgehead atoms. The Kier molecular flexibility index (Phi) is 6.76. The molecule has 3 aromatic carbocycles. The Morgan fingerprint density at radius 1 is 0.946 bits per heavy atom. The van der Waals surface area contributed by atoms with Gasteiger partial charge in [-0.05, 0) is 54.1 Å². The number of aromatic amines is 1. The molecule has 184 valence electrons. The van der Waals surface area contributed by atoms with Crippen LogP contribution in [0, 0.1) is 0 Å². The number of H-pyrrole nitrogens is 1. The topological polar surface area (TPSA) is 126 Å². The van der Waals surface area contributed by atoms with Crippen LogP contribution in [0.5, 0.6) is 0 Å². The number of nitrogens with two attached hydrogens (primary N) is 1. The number of para-hydroxylation sites is 2. The van der Waals surface area contributed by atoms with Gasteiger partial charge in [-0.3, -0.25) is 19.8 Å². The molecule has 9 nitrogen and oxygen atoms in total. The molecule has 2 aromatic heterocycles. The summed E-state index contributed by atoms with van der Waals surface area (Å²) in [5.74, 6) is -0.275. The highest BCUT2D eigenvalue weighted by Crippen LogP contribution is 2.24. The number of anilines is 3. The summed E-state index contributed by atoms with van der Waals surface area (Å²) >= 11 is 0. The molecule has 4 N–H and O–H groups in total. The van der Waals surface area contributed by atoms with Gasteiger partial charge in [0.25, 0.3) is 5.91 Å². The van der Waals surface area contributed by atoms with Crippen molar-refractivity contribution in [2.75, 3.05) is 16.0 Å². The van der Waals surface area contributed by atoms with E-state index in [4.69, 9.17) is 10.5 Å². The molecule has 2 heterocycles. The predicted molar refractivity (Wildman–Crippen MR) is 142 cm³/mol. The molecule has 9 heteroatoms. The minimum absolute atomic E-state index is 0.0961. The second kappa shape index (κ2) is 10.6. The first-order valence-corrected chi connectivity index (χ1v) is 11.6. The van der Waals surface area contributed by atoms with Crippen molar-refractivity contribution in [3.05, 3.63) is 114 Å². The molecule has 0 aliphatic heterocycles. The van der Waals surface area contributed by atoms with E-state index in [2.05, 4.69) is 20.5 Å². The number of benzene rings is 3. The van der Waals surface area contributed by atoms with Crippen LogP contribution < -0.4 is 16.0 Å². The lowest BCUT2D eigenvalue weighted by Gasteiger charge is -2.23. The third-order valence-electron chi connectivity index (χ3n) is 5.81. The van der Waals surface area contributed by atoms with Crippen LogP contribution in [0.15, 0.2) is 97.5 Å². The molecule has 37 heavy (non-hydrogen) atoms. The van der Waals surface area contributed by atoms with Crippen molar-refractivity contribution >= 4 is 40.0 Å². The van der Waals surface area contributed by atoms with Crippen LogP contribution in [0.1, 0.15) is 21.5 Å². The van der Waals surface area contributed by atoms with Gasteiger partial charge in [0.15, 0.2) is 0 Å². The van der Waals surface area contributed by atoms with Gasteiger partial charge in [0.1, 0.15) is 6.61 Å². The van der Waals surface area contributed by atoms with Crippen LogP contribution in [0.2, 0.25) is 0 Å². The van der Waals surface area contributed by atoms with Gasteiger partial charge in [0.05, 0.1) is 29.6 Å². The van der Waals surface area contributed by atoms with Gasteiger partial charge in [0.2, 0.25) is 0 Å². The van der Waals surface area contributed by atoms with E-state index in [-0.39, 0.29) is 19.1 Å². The Labute approximate surface area is 212 Å². The number of rotatable bonds is 7. The summed E-state index contributed by atoms with van der Waals surface area (Å²) in [6, 6.07) is 23.3. The van der Waals surface area contributed by atoms with Gasteiger partial charge < -0.3 is 15.8 Å². The Balaban J connectivity index is 1.34. The number of fused-ring (bicyclic) bond motifs is 1. The van der Waals surface area contributed by atoms with Crippen molar-refractivity contribution in [3.8, 4) is 0 Å². The second-order valence-electron chi connectivity index (χ2n) is 8.38. The monoisotopic (exact) mass is 492 g/mol. The highest BCUT2D eigenvalue weighted by molar-refractivity contribution is 6.05. The zero-order valence-electron chi connectivity index (χ0n) is 19.8. The third kappa shape index (κ3) is 5.57. The third-order valence-corrected chi connectivity index (χ3v) is 5.81. The first-order valence-electron chi connectivity index (χ1n) is 11.6. The fourth-order valence-corrected chi connectivity index (χ4v) is 3.82. The van der Waals surface area contributed by atoms with Crippen LogP contribution in [0.25, 0.3) is 10.9 Å². The molecule has 5 rings (SSSR count). The molecule has 0 unspecified atom stereocenters. The van der Waals surface area contributed by atoms with Crippen LogP contribution in [-0.2, 0) is 17.9 Å². The molecule has 0 atom stereocenters. The van der Waals surface area contributed by atoms with Crippen LogP contribution in [-0.4, -0.2) is 27.2 Å². The predicted octanol–water partition coefficient (Wildman–Crippen LogP) is 5.14. The number of carbonyl (C=O) groups excluding carboxylic acids is 2.